The quantitative estimate of drug-likeness (QED) is 0.698. The number of methoxy groups -OCH3 is 1. The molecule has 2 N–H and O–H groups in total. The fourth-order valence-electron chi connectivity index (χ4n) is 2.55. The SMILES string of the molecule is COc1ccc(Br)cc1CNc1cccc(-n2cc(C)[nH]c2=O)c1. The molecule has 0 spiro atoms. The van der Waals surface area contributed by atoms with Crippen molar-refractivity contribution in [1.82, 2.24) is 9.55 Å². The van der Waals surface area contributed by atoms with Gasteiger partial charge in [0.25, 0.3) is 0 Å². The molecule has 0 bridgehead atoms. The van der Waals surface area contributed by atoms with E-state index in [1.807, 2.05) is 49.4 Å². The molecule has 0 amide bonds. The summed E-state index contributed by atoms with van der Waals surface area (Å²) < 4.78 is 7.99. The third-order valence-corrected chi connectivity index (χ3v) is 4.19. The van der Waals surface area contributed by atoms with Gasteiger partial charge in [0.05, 0.1) is 12.8 Å². The van der Waals surface area contributed by atoms with Crippen molar-refractivity contribution in [2.75, 3.05) is 12.4 Å². The van der Waals surface area contributed by atoms with Crippen molar-refractivity contribution in [3.63, 3.8) is 0 Å². The van der Waals surface area contributed by atoms with Crippen molar-refractivity contribution in [3.05, 3.63) is 74.9 Å². The van der Waals surface area contributed by atoms with Gasteiger partial charge in [-0.1, -0.05) is 22.0 Å². The molecule has 2 aromatic carbocycles. The lowest BCUT2D eigenvalue weighted by Crippen LogP contribution is -2.14. The first-order valence-electron chi connectivity index (χ1n) is 7.52. The van der Waals surface area contributed by atoms with Gasteiger partial charge in [0, 0.05) is 34.2 Å². The summed E-state index contributed by atoms with van der Waals surface area (Å²) in [5, 5.41) is 3.37. The maximum Gasteiger partial charge on any atom is 0.330 e. The van der Waals surface area contributed by atoms with E-state index in [0.717, 1.165) is 32.9 Å². The molecular formula is C18H18BrN3O2. The Bertz CT molecular complexity index is 915. The number of aromatic nitrogens is 2. The van der Waals surface area contributed by atoms with Crippen LogP contribution in [-0.2, 0) is 6.54 Å². The lowest BCUT2D eigenvalue weighted by molar-refractivity contribution is 0.410. The molecule has 24 heavy (non-hydrogen) atoms. The highest BCUT2D eigenvalue weighted by Crippen LogP contribution is 2.24. The average Bonchev–Trinajstić information content (AvgIpc) is 2.92. The van der Waals surface area contributed by atoms with E-state index < -0.39 is 0 Å². The number of nitrogens with zero attached hydrogens (tertiary/aromatic N) is 1. The number of halogens is 1. The number of nitrogens with one attached hydrogen (secondary N) is 2. The van der Waals surface area contributed by atoms with E-state index in [1.54, 1.807) is 17.9 Å². The van der Waals surface area contributed by atoms with Gasteiger partial charge < -0.3 is 15.0 Å². The van der Waals surface area contributed by atoms with Gasteiger partial charge in [-0.15, -0.1) is 0 Å². The number of imidazole rings is 1. The highest BCUT2D eigenvalue weighted by Gasteiger charge is 2.06. The van der Waals surface area contributed by atoms with Gasteiger partial charge in [0.2, 0.25) is 0 Å². The van der Waals surface area contributed by atoms with Crippen LogP contribution in [0, 0.1) is 6.92 Å². The van der Waals surface area contributed by atoms with Crippen LogP contribution in [0.15, 0.2) is 57.9 Å². The maximum absolute atomic E-state index is 11.9. The minimum absolute atomic E-state index is 0.140. The molecule has 0 aliphatic carbocycles. The van der Waals surface area contributed by atoms with Crippen LogP contribution in [-0.4, -0.2) is 16.7 Å². The van der Waals surface area contributed by atoms with E-state index in [2.05, 4.69) is 26.2 Å². The number of ether oxygens (including phenoxy) is 1. The van der Waals surface area contributed by atoms with Crippen LogP contribution in [0.4, 0.5) is 5.69 Å². The van der Waals surface area contributed by atoms with Gasteiger partial charge in [-0.3, -0.25) is 4.57 Å². The molecule has 0 atom stereocenters. The molecule has 5 nitrogen and oxygen atoms in total. The number of H-pyrrole nitrogens is 1. The van der Waals surface area contributed by atoms with E-state index in [0.29, 0.717) is 6.54 Å². The summed E-state index contributed by atoms with van der Waals surface area (Å²) in [5.74, 6) is 0.833. The van der Waals surface area contributed by atoms with Crippen LogP contribution in [0.5, 0.6) is 5.75 Å². The molecule has 1 aromatic heterocycles. The fourth-order valence-corrected chi connectivity index (χ4v) is 2.96. The smallest absolute Gasteiger partial charge is 0.330 e. The number of anilines is 1. The van der Waals surface area contributed by atoms with Crippen LogP contribution in [0.1, 0.15) is 11.3 Å². The summed E-state index contributed by atoms with van der Waals surface area (Å²) in [7, 11) is 1.66. The maximum atomic E-state index is 11.9. The molecule has 6 heteroatoms. The van der Waals surface area contributed by atoms with Gasteiger partial charge in [0.1, 0.15) is 5.75 Å². The Morgan fingerprint density at radius 3 is 2.79 bits per heavy atom. The summed E-state index contributed by atoms with van der Waals surface area (Å²) in [6, 6.07) is 13.6. The average molecular weight is 388 g/mol. The van der Waals surface area contributed by atoms with E-state index in [9.17, 15) is 4.79 Å². The molecule has 3 aromatic rings. The predicted octanol–water partition coefficient (Wildman–Crippen LogP) is 3.86. The molecule has 0 unspecified atom stereocenters. The van der Waals surface area contributed by atoms with Crippen molar-refractivity contribution in [2.24, 2.45) is 0 Å². The van der Waals surface area contributed by atoms with E-state index >= 15 is 0 Å². The Morgan fingerprint density at radius 2 is 2.08 bits per heavy atom. The van der Waals surface area contributed by atoms with Crippen molar-refractivity contribution < 1.29 is 4.74 Å². The lowest BCUT2D eigenvalue weighted by Gasteiger charge is -2.12. The second-order valence-electron chi connectivity index (χ2n) is 5.47. The first kappa shape index (κ1) is 16.4. The van der Waals surface area contributed by atoms with Gasteiger partial charge in [-0.25, -0.2) is 4.79 Å². The largest absolute Gasteiger partial charge is 0.496 e. The molecule has 0 aliphatic rings. The Morgan fingerprint density at radius 1 is 1.25 bits per heavy atom. The highest BCUT2D eigenvalue weighted by atomic mass is 79.9. The molecule has 1 heterocycles. The van der Waals surface area contributed by atoms with Gasteiger partial charge >= 0.3 is 5.69 Å². The summed E-state index contributed by atoms with van der Waals surface area (Å²) in [4.78, 5) is 14.7. The summed E-state index contributed by atoms with van der Waals surface area (Å²) in [6.07, 6.45) is 1.79. The van der Waals surface area contributed by atoms with Crippen LogP contribution >= 0.6 is 15.9 Å². The van der Waals surface area contributed by atoms with E-state index in [1.165, 1.54) is 0 Å². The standard InChI is InChI=1S/C18H18BrN3O2/c1-12-11-22(18(23)21-12)16-5-3-4-15(9-16)20-10-13-8-14(19)6-7-17(13)24-2/h3-9,11,20H,10H2,1-2H3,(H,21,23). The minimum Gasteiger partial charge on any atom is -0.496 e. The molecule has 3 rings (SSSR count). The number of aromatic amines is 1. The third-order valence-electron chi connectivity index (χ3n) is 3.70. The van der Waals surface area contributed by atoms with Crippen molar-refractivity contribution in [2.45, 2.75) is 13.5 Å². The monoisotopic (exact) mass is 387 g/mol. The Kier molecular flexibility index (Phi) is 4.76. The second-order valence-corrected chi connectivity index (χ2v) is 6.39. The van der Waals surface area contributed by atoms with Gasteiger partial charge in [-0.05, 0) is 43.3 Å². The van der Waals surface area contributed by atoms with Crippen molar-refractivity contribution in [3.8, 4) is 11.4 Å². The summed E-state index contributed by atoms with van der Waals surface area (Å²) in [5.41, 5.74) is 3.48. The predicted molar refractivity (Wildman–Crippen MR) is 99.1 cm³/mol. The van der Waals surface area contributed by atoms with Crippen LogP contribution in [0.2, 0.25) is 0 Å². The zero-order chi connectivity index (χ0) is 17.1. The highest BCUT2D eigenvalue weighted by molar-refractivity contribution is 9.10. The fraction of sp³-hybridized carbons (Fsp3) is 0.167. The zero-order valence-electron chi connectivity index (χ0n) is 13.5. The molecular weight excluding hydrogens is 370 g/mol. The Balaban J connectivity index is 1.82. The van der Waals surface area contributed by atoms with Crippen LogP contribution in [0.3, 0.4) is 0 Å². The van der Waals surface area contributed by atoms with E-state index in [4.69, 9.17) is 4.74 Å². The first-order valence-corrected chi connectivity index (χ1v) is 8.31. The minimum atomic E-state index is -0.140. The van der Waals surface area contributed by atoms with E-state index in [-0.39, 0.29) is 5.69 Å². The third kappa shape index (κ3) is 3.54. The normalized spacial score (nSPS) is 10.6. The number of benzene rings is 2. The summed E-state index contributed by atoms with van der Waals surface area (Å²) in [6.45, 7) is 2.48. The van der Waals surface area contributed by atoms with Gasteiger partial charge in [-0.2, -0.15) is 0 Å². The molecule has 124 valence electrons. The summed E-state index contributed by atoms with van der Waals surface area (Å²) >= 11 is 3.48. The number of aryl methyl sites for hydroxylation is 1. The molecule has 0 fully saturated rings. The number of rotatable bonds is 5. The lowest BCUT2D eigenvalue weighted by atomic mass is 10.2. The van der Waals surface area contributed by atoms with Crippen LogP contribution in [0.25, 0.3) is 5.69 Å². The van der Waals surface area contributed by atoms with Gasteiger partial charge in [0.15, 0.2) is 0 Å². The van der Waals surface area contributed by atoms with Crippen molar-refractivity contribution >= 4 is 21.6 Å². The molecule has 0 saturated carbocycles. The molecule has 0 radical (unpaired) electrons. The topological polar surface area (TPSA) is 59.0 Å². The van der Waals surface area contributed by atoms with Crippen molar-refractivity contribution in [1.29, 1.82) is 0 Å². The Hall–Kier alpha value is -2.47. The molecule has 0 aliphatic heterocycles. The first-order chi connectivity index (χ1) is 11.6. The van der Waals surface area contributed by atoms with Crippen LogP contribution < -0.4 is 15.7 Å². The zero-order valence-corrected chi connectivity index (χ0v) is 15.1. The number of hydrogen-bond donors (Lipinski definition) is 2. The number of hydrogen-bond acceptors (Lipinski definition) is 3. The Labute approximate surface area is 148 Å². The molecule has 0 saturated heterocycles. The second kappa shape index (κ2) is 6.97.